The third-order valence-corrected chi connectivity index (χ3v) is 6.04. The standard InChI is InChI=1S/C26H24N2O2/c1-30-24-14-8-5-11-19(24)26-25-22(27-20-12-6-7-13-21(20)28-26)15-18(16-23(25)29)17-9-3-2-4-10-17/h2-15,18,25-28H,16H2,1H3. The predicted molar refractivity (Wildman–Crippen MR) is 120 cm³/mol. The average molecular weight is 396 g/mol. The quantitative estimate of drug-likeness (QED) is 0.611. The van der Waals surface area contributed by atoms with Crippen LogP contribution in [0.15, 0.2) is 90.6 Å². The Labute approximate surface area is 176 Å². The van der Waals surface area contributed by atoms with Crippen LogP contribution in [0.3, 0.4) is 0 Å². The molecule has 3 atom stereocenters. The molecular formula is C26H24N2O2. The minimum atomic E-state index is -0.311. The van der Waals surface area contributed by atoms with Crippen molar-refractivity contribution in [3.8, 4) is 5.75 Å². The molecule has 30 heavy (non-hydrogen) atoms. The Morgan fingerprint density at radius 1 is 0.867 bits per heavy atom. The van der Waals surface area contributed by atoms with E-state index in [-0.39, 0.29) is 23.7 Å². The summed E-state index contributed by atoms with van der Waals surface area (Å²) in [4.78, 5) is 13.5. The van der Waals surface area contributed by atoms with Crippen LogP contribution >= 0.6 is 0 Å². The molecule has 2 aliphatic rings. The summed E-state index contributed by atoms with van der Waals surface area (Å²) in [6, 6.07) is 26.1. The monoisotopic (exact) mass is 396 g/mol. The second-order valence-electron chi connectivity index (χ2n) is 7.82. The summed E-state index contributed by atoms with van der Waals surface area (Å²) in [6.07, 6.45) is 2.72. The molecule has 1 heterocycles. The first-order valence-electron chi connectivity index (χ1n) is 10.3. The highest BCUT2D eigenvalue weighted by Gasteiger charge is 2.40. The number of carbonyl (C=O) groups is 1. The molecule has 0 amide bonds. The lowest BCUT2D eigenvalue weighted by Crippen LogP contribution is -2.34. The van der Waals surface area contributed by atoms with Gasteiger partial charge in [0, 0.05) is 23.6 Å². The normalized spacial score (nSPS) is 22.5. The van der Waals surface area contributed by atoms with Gasteiger partial charge in [-0.15, -0.1) is 0 Å². The molecule has 0 saturated carbocycles. The van der Waals surface area contributed by atoms with E-state index in [1.54, 1.807) is 7.11 Å². The van der Waals surface area contributed by atoms with E-state index in [2.05, 4.69) is 28.8 Å². The molecule has 3 unspecified atom stereocenters. The zero-order valence-electron chi connectivity index (χ0n) is 16.8. The number of carbonyl (C=O) groups excluding carboxylic acids is 1. The number of fused-ring (bicyclic) bond motifs is 2. The molecule has 2 N–H and O–H groups in total. The molecule has 5 rings (SSSR count). The maximum absolute atomic E-state index is 13.5. The first-order chi connectivity index (χ1) is 14.7. The van der Waals surface area contributed by atoms with Gasteiger partial charge >= 0.3 is 0 Å². The van der Waals surface area contributed by atoms with Crippen molar-refractivity contribution in [2.24, 2.45) is 5.92 Å². The highest BCUT2D eigenvalue weighted by molar-refractivity contribution is 5.90. The Morgan fingerprint density at radius 3 is 2.37 bits per heavy atom. The van der Waals surface area contributed by atoms with Gasteiger partial charge in [-0.1, -0.05) is 66.7 Å². The van der Waals surface area contributed by atoms with E-state index < -0.39 is 0 Å². The summed E-state index contributed by atoms with van der Waals surface area (Å²) < 4.78 is 5.64. The van der Waals surface area contributed by atoms with Crippen molar-refractivity contribution in [3.05, 3.63) is 102 Å². The fraction of sp³-hybridized carbons (Fsp3) is 0.192. The summed E-state index contributed by atoms with van der Waals surface area (Å²) in [5, 5.41) is 7.20. The number of rotatable bonds is 3. The minimum Gasteiger partial charge on any atom is -0.496 e. The Hall–Kier alpha value is -3.53. The maximum Gasteiger partial charge on any atom is 0.145 e. The van der Waals surface area contributed by atoms with Crippen LogP contribution in [0.1, 0.15) is 29.5 Å². The smallest absolute Gasteiger partial charge is 0.145 e. The molecule has 3 aromatic rings. The van der Waals surface area contributed by atoms with Crippen LogP contribution in [-0.2, 0) is 4.79 Å². The van der Waals surface area contributed by atoms with Crippen molar-refractivity contribution < 1.29 is 9.53 Å². The first-order valence-corrected chi connectivity index (χ1v) is 10.3. The molecule has 0 saturated heterocycles. The largest absolute Gasteiger partial charge is 0.496 e. The molecule has 150 valence electrons. The van der Waals surface area contributed by atoms with Gasteiger partial charge in [0.1, 0.15) is 11.5 Å². The second-order valence-corrected chi connectivity index (χ2v) is 7.82. The van der Waals surface area contributed by atoms with Gasteiger partial charge in [-0.25, -0.2) is 0 Å². The topological polar surface area (TPSA) is 50.4 Å². The van der Waals surface area contributed by atoms with Crippen molar-refractivity contribution in [2.45, 2.75) is 18.4 Å². The number of hydrogen-bond acceptors (Lipinski definition) is 4. The Bertz CT molecular complexity index is 1110. The van der Waals surface area contributed by atoms with E-state index >= 15 is 0 Å². The Kier molecular flexibility index (Phi) is 4.75. The summed E-state index contributed by atoms with van der Waals surface area (Å²) >= 11 is 0. The van der Waals surface area contributed by atoms with E-state index in [0.717, 1.165) is 33.9 Å². The van der Waals surface area contributed by atoms with Crippen LogP contribution < -0.4 is 15.4 Å². The molecular weight excluding hydrogens is 372 g/mol. The lowest BCUT2D eigenvalue weighted by atomic mass is 9.76. The molecule has 4 heteroatoms. The number of allylic oxidation sites excluding steroid dienone is 1. The maximum atomic E-state index is 13.5. The molecule has 3 aromatic carbocycles. The zero-order chi connectivity index (χ0) is 20.5. The molecule has 1 aliphatic heterocycles. The number of Topliss-reactive ketones (excluding diaryl/α,β-unsaturated/α-hetero) is 1. The number of methoxy groups -OCH3 is 1. The van der Waals surface area contributed by atoms with E-state index in [1.807, 2.05) is 66.7 Å². The van der Waals surface area contributed by atoms with Crippen molar-refractivity contribution in [3.63, 3.8) is 0 Å². The van der Waals surface area contributed by atoms with Gasteiger partial charge in [0.2, 0.25) is 0 Å². The molecule has 0 bridgehead atoms. The molecule has 4 nitrogen and oxygen atoms in total. The molecule has 0 spiro atoms. The Morgan fingerprint density at radius 2 is 1.57 bits per heavy atom. The van der Waals surface area contributed by atoms with E-state index in [9.17, 15) is 4.79 Å². The summed E-state index contributed by atoms with van der Waals surface area (Å²) in [5.74, 6) is 0.770. The third kappa shape index (κ3) is 3.24. The fourth-order valence-corrected chi connectivity index (χ4v) is 4.60. The van der Waals surface area contributed by atoms with Crippen LogP contribution in [0, 0.1) is 5.92 Å². The highest BCUT2D eigenvalue weighted by atomic mass is 16.5. The Balaban J connectivity index is 1.65. The van der Waals surface area contributed by atoms with Crippen molar-refractivity contribution in [1.82, 2.24) is 0 Å². The molecule has 0 aromatic heterocycles. The predicted octanol–water partition coefficient (Wildman–Crippen LogP) is 5.53. The van der Waals surface area contributed by atoms with Gasteiger partial charge in [-0.05, 0) is 23.8 Å². The van der Waals surface area contributed by atoms with Gasteiger partial charge in [0.05, 0.1) is 30.4 Å². The zero-order valence-corrected chi connectivity index (χ0v) is 16.8. The fourth-order valence-electron chi connectivity index (χ4n) is 4.60. The van der Waals surface area contributed by atoms with Gasteiger partial charge in [0.15, 0.2) is 0 Å². The number of ether oxygens (including phenoxy) is 1. The van der Waals surface area contributed by atoms with Crippen LogP contribution in [-0.4, -0.2) is 12.9 Å². The SMILES string of the molecule is COc1ccccc1C1Nc2ccccc2NC2=CC(c3ccccc3)CC(=O)C21. The van der Waals surface area contributed by atoms with Crippen LogP contribution in [0.4, 0.5) is 11.4 Å². The lowest BCUT2D eigenvalue weighted by molar-refractivity contribution is -0.122. The number of anilines is 2. The van der Waals surface area contributed by atoms with Gasteiger partial charge in [-0.3, -0.25) is 4.79 Å². The van der Waals surface area contributed by atoms with E-state index in [4.69, 9.17) is 4.74 Å². The number of para-hydroxylation sites is 3. The number of benzene rings is 3. The van der Waals surface area contributed by atoms with Gasteiger partial charge < -0.3 is 15.4 Å². The first kappa shape index (κ1) is 18.5. The second kappa shape index (κ2) is 7.71. The van der Waals surface area contributed by atoms with Crippen LogP contribution in [0.2, 0.25) is 0 Å². The summed E-state index contributed by atoms with van der Waals surface area (Å²) in [5.41, 5.74) is 5.06. The van der Waals surface area contributed by atoms with Gasteiger partial charge in [-0.2, -0.15) is 0 Å². The van der Waals surface area contributed by atoms with Crippen LogP contribution in [0.25, 0.3) is 0 Å². The molecule has 0 radical (unpaired) electrons. The average Bonchev–Trinajstić information content (AvgIpc) is 2.96. The summed E-state index contributed by atoms with van der Waals surface area (Å²) in [7, 11) is 1.67. The van der Waals surface area contributed by atoms with E-state index in [1.165, 1.54) is 0 Å². The lowest BCUT2D eigenvalue weighted by Gasteiger charge is -2.33. The highest BCUT2D eigenvalue weighted by Crippen LogP contribution is 2.45. The molecule has 0 fully saturated rings. The van der Waals surface area contributed by atoms with Crippen LogP contribution in [0.5, 0.6) is 5.75 Å². The number of hydrogen-bond donors (Lipinski definition) is 2. The van der Waals surface area contributed by atoms with Crippen molar-refractivity contribution in [1.29, 1.82) is 0 Å². The molecule has 1 aliphatic carbocycles. The number of ketones is 1. The summed E-state index contributed by atoms with van der Waals surface area (Å²) in [6.45, 7) is 0. The van der Waals surface area contributed by atoms with Crippen molar-refractivity contribution in [2.75, 3.05) is 17.7 Å². The van der Waals surface area contributed by atoms with Gasteiger partial charge in [0.25, 0.3) is 0 Å². The van der Waals surface area contributed by atoms with E-state index in [0.29, 0.717) is 6.42 Å². The third-order valence-electron chi connectivity index (χ3n) is 6.04. The number of nitrogens with one attached hydrogen (secondary N) is 2. The van der Waals surface area contributed by atoms with Crippen molar-refractivity contribution >= 4 is 17.2 Å². The minimum absolute atomic E-state index is 0.0704.